The van der Waals surface area contributed by atoms with Crippen molar-refractivity contribution in [3.63, 3.8) is 0 Å². The molecule has 0 saturated heterocycles. The molecule has 0 aliphatic rings. The van der Waals surface area contributed by atoms with Crippen LogP contribution < -0.4 is 11.1 Å². The molecule has 0 saturated carbocycles. The molecule has 4 nitrogen and oxygen atoms in total. The van der Waals surface area contributed by atoms with Gasteiger partial charge in [-0.3, -0.25) is 4.79 Å². The lowest BCUT2D eigenvalue weighted by Crippen LogP contribution is -2.33. The van der Waals surface area contributed by atoms with Crippen LogP contribution in [-0.4, -0.2) is 24.1 Å². The Balaban J connectivity index is 0.00000225. The third kappa shape index (κ3) is 4.57. The molecule has 16 heavy (non-hydrogen) atoms. The van der Waals surface area contributed by atoms with E-state index in [2.05, 4.69) is 5.32 Å². The number of halogens is 2. The molecule has 0 spiro atoms. The second-order valence-corrected chi connectivity index (χ2v) is 3.08. The third-order valence-corrected chi connectivity index (χ3v) is 1.93. The van der Waals surface area contributed by atoms with Crippen LogP contribution in [0, 0.1) is 5.82 Å². The number of rotatable bonds is 4. The first-order chi connectivity index (χ1) is 7.13. The topological polar surface area (TPSA) is 75.4 Å². The molecule has 0 aromatic heterocycles. The van der Waals surface area contributed by atoms with Crippen LogP contribution in [0.5, 0.6) is 0 Å². The molecule has 1 rings (SSSR count). The highest BCUT2D eigenvalue weighted by Crippen LogP contribution is 2.12. The van der Waals surface area contributed by atoms with Crippen molar-refractivity contribution >= 4 is 18.3 Å². The third-order valence-electron chi connectivity index (χ3n) is 1.93. The summed E-state index contributed by atoms with van der Waals surface area (Å²) >= 11 is 0. The minimum atomic E-state index is -0.846. The predicted octanol–water partition coefficient (Wildman–Crippen LogP) is 0.356. The normalized spacial score (nSPS) is 11.4. The van der Waals surface area contributed by atoms with Gasteiger partial charge in [-0.15, -0.1) is 12.4 Å². The molecule has 0 bridgehead atoms. The molecule has 90 valence electrons. The minimum absolute atomic E-state index is 0. The zero-order valence-corrected chi connectivity index (χ0v) is 9.34. The Bertz CT molecular complexity index is 332. The zero-order chi connectivity index (χ0) is 11.3. The summed E-state index contributed by atoms with van der Waals surface area (Å²) < 4.78 is 12.6. The number of hydrogen-bond acceptors (Lipinski definition) is 3. The molecule has 1 atom stereocenters. The van der Waals surface area contributed by atoms with Crippen LogP contribution in [0.2, 0.25) is 0 Å². The van der Waals surface area contributed by atoms with Gasteiger partial charge in [0.25, 0.3) is 0 Å². The van der Waals surface area contributed by atoms with Gasteiger partial charge in [-0.25, -0.2) is 4.39 Å². The van der Waals surface area contributed by atoms with E-state index in [9.17, 15) is 14.3 Å². The van der Waals surface area contributed by atoms with E-state index in [0.29, 0.717) is 5.56 Å². The van der Waals surface area contributed by atoms with Crippen molar-refractivity contribution in [2.45, 2.75) is 6.10 Å². The highest BCUT2D eigenvalue weighted by atomic mass is 35.5. The van der Waals surface area contributed by atoms with Gasteiger partial charge < -0.3 is 16.2 Å². The van der Waals surface area contributed by atoms with Gasteiger partial charge in [-0.2, -0.15) is 0 Å². The van der Waals surface area contributed by atoms with Crippen molar-refractivity contribution in [2.24, 2.45) is 5.73 Å². The summed E-state index contributed by atoms with van der Waals surface area (Å²) in [5.41, 5.74) is 5.62. The molecule has 1 unspecified atom stereocenters. The Labute approximate surface area is 99.1 Å². The summed E-state index contributed by atoms with van der Waals surface area (Å²) in [5, 5.41) is 12.0. The number of nitrogens with two attached hydrogens (primary N) is 1. The van der Waals surface area contributed by atoms with E-state index >= 15 is 0 Å². The minimum Gasteiger partial charge on any atom is -0.387 e. The molecule has 1 amide bonds. The number of nitrogens with one attached hydrogen (secondary N) is 1. The quantitative estimate of drug-likeness (QED) is 0.720. The Morgan fingerprint density at radius 1 is 1.44 bits per heavy atom. The molecule has 0 aliphatic heterocycles. The summed E-state index contributed by atoms with van der Waals surface area (Å²) in [4.78, 5) is 10.8. The number of carbonyl (C=O) groups is 1. The van der Waals surface area contributed by atoms with E-state index in [0.717, 1.165) is 0 Å². The van der Waals surface area contributed by atoms with Gasteiger partial charge in [-0.05, 0) is 17.7 Å². The molecule has 4 N–H and O–H groups in total. The monoisotopic (exact) mass is 248 g/mol. The summed E-state index contributed by atoms with van der Waals surface area (Å²) in [6.07, 6.45) is -0.846. The maximum absolute atomic E-state index is 12.6. The fourth-order valence-electron chi connectivity index (χ4n) is 1.09. The average Bonchev–Trinajstić information content (AvgIpc) is 2.26. The largest absolute Gasteiger partial charge is 0.387 e. The fraction of sp³-hybridized carbons (Fsp3) is 0.300. The first-order valence-electron chi connectivity index (χ1n) is 4.53. The summed E-state index contributed by atoms with van der Waals surface area (Å²) in [6, 6.07) is 5.44. The Morgan fingerprint density at radius 2 is 2.00 bits per heavy atom. The van der Waals surface area contributed by atoms with Gasteiger partial charge in [0.2, 0.25) is 5.91 Å². The summed E-state index contributed by atoms with van der Waals surface area (Å²) in [6.45, 7) is -0.0438. The first-order valence-corrected chi connectivity index (χ1v) is 4.53. The maximum atomic E-state index is 12.6. The number of aliphatic hydroxyl groups is 1. The van der Waals surface area contributed by atoms with Gasteiger partial charge in [0, 0.05) is 6.54 Å². The van der Waals surface area contributed by atoms with E-state index < -0.39 is 6.10 Å². The van der Waals surface area contributed by atoms with Crippen LogP contribution in [0.1, 0.15) is 11.7 Å². The number of benzene rings is 1. The van der Waals surface area contributed by atoms with Crippen molar-refractivity contribution < 1.29 is 14.3 Å². The van der Waals surface area contributed by atoms with E-state index in [1.165, 1.54) is 24.3 Å². The molecule has 1 aromatic carbocycles. The standard InChI is InChI=1S/C10H13FN2O2.ClH/c11-8-3-1-7(2-4-8)9(14)6-13-10(15)5-12;/h1-4,9,14H,5-6,12H2,(H,13,15);1H. The van der Waals surface area contributed by atoms with Crippen molar-refractivity contribution in [1.29, 1.82) is 0 Å². The van der Waals surface area contributed by atoms with Crippen LogP contribution in [0.15, 0.2) is 24.3 Å². The van der Waals surface area contributed by atoms with Crippen LogP contribution in [0.4, 0.5) is 4.39 Å². The molecule has 0 heterocycles. The Morgan fingerprint density at radius 3 is 2.50 bits per heavy atom. The molecule has 1 aromatic rings. The Kier molecular flexibility index (Phi) is 6.64. The van der Waals surface area contributed by atoms with Crippen molar-refractivity contribution in [2.75, 3.05) is 13.1 Å². The van der Waals surface area contributed by atoms with E-state index in [-0.39, 0.29) is 37.2 Å². The predicted molar refractivity (Wildman–Crippen MR) is 60.7 cm³/mol. The van der Waals surface area contributed by atoms with Crippen LogP contribution >= 0.6 is 12.4 Å². The van der Waals surface area contributed by atoms with Crippen molar-refractivity contribution in [3.05, 3.63) is 35.6 Å². The summed E-state index contributed by atoms with van der Waals surface area (Å²) in [5.74, 6) is -0.701. The lowest BCUT2D eigenvalue weighted by molar-refractivity contribution is -0.120. The van der Waals surface area contributed by atoms with E-state index in [4.69, 9.17) is 5.73 Å². The van der Waals surface area contributed by atoms with E-state index in [1.807, 2.05) is 0 Å². The maximum Gasteiger partial charge on any atom is 0.233 e. The van der Waals surface area contributed by atoms with Crippen LogP contribution in [-0.2, 0) is 4.79 Å². The van der Waals surface area contributed by atoms with Crippen molar-refractivity contribution in [1.82, 2.24) is 5.32 Å². The van der Waals surface area contributed by atoms with Crippen LogP contribution in [0.25, 0.3) is 0 Å². The Hall–Kier alpha value is -1.17. The highest BCUT2D eigenvalue weighted by molar-refractivity contribution is 5.85. The average molecular weight is 249 g/mol. The smallest absolute Gasteiger partial charge is 0.233 e. The van der Waals surface area contributed by atoms with Gasteiger partial charge in [0.1, 0.15) is 5.82 Å². The molecule has 0 radical (unpaired) electrons. The highest BCUT2D eigenvalue weighted by Gasteiger charge is 2.08. The fourth-order valence-corrected chi connectivity index (χ4v) is 1.09. The van der Waals surface area contributed by atoms with Crippen LogP contribution in [0.3, 0.4) is 0 Å². The van der Waals surface area contributed by atoms with Gasteiger partial charge in [-0.1, -0.05) is 12.1 Å². The molecular weight excluding hydrogens is 235 g/mol. The van der Waals surface area contributed by atoms with Crippen molar-refractivity contribution in [3.8, 4) is 0 Å². The lowest BCUT2D eigenvalue weighted by atomic mass is 10.1. The SMILES string of the molecule is Cl.NCC(=O)NCC(O)c1ccc(F)cc1. The van der Waals surface area contributed by atoms with Gasteiger partial charge in [0.05, 0.1) is 12.6 Å². The summed E-state index contributed by atoms with van der Waals surface area (Å²) in [7, 11) is 0. The molecule has 0 aliphatic carbocycles. The first kappa shape index (κ1) is 14.8. The number of hydrogen-bond donors (Lipinski definition) is 3. The number of aliphatic hydroxyl groups excluding tert-OH is 1. The van der Waals surface area contributed by atoms with Gasteiger partial charge >= 0.3 is 0 Å². The molecular formula is C10H14ClFN2O2. The second kappa shape index (κ2) is 7.16. The number of amides is 1. The van der Waals surface area contributed by atoms with E-state index in [1.54, 1.807) is 0 Å². The second-order valence-electron chi connectivity index (χ2n) is 3.08. The van der Waals surface area contributed by atoms with Gasteiger partial charge in [0.15, 0.2) is 0 Å². The lowest BCUT2D eigenvalue weighted by Gasteiger charge is -2.11. The molecule has 6 heteroatoms. The zero-order valence-electron chi connectivity index (χ0n) is 8.52. The number of carbonyl (C=O) groups excluding carboxylic acids is 1. The molecule has 0 fully saturated rings.